The Labute approximate surface area is 149 Å². The van der Waals surface area contributed by atoms with Crippen LogP contribution in [0.1, 0.15) is 24.0 Å². The van der Waals surface area contributed by atoms with Gasteiger partial charge in [-0.1, -0.05) is 28.8 Å². The van der Waals surface area contributed by atoms with E-state index in [0.29, 0.717) is 22.4 Å². The SMILES string of the molecule is [B]c1c([B])c2c(c([B])c1F)[B]C(C)c1cc3cc(N)c(C=N)cc3n1-2. The minimum atomic E-state index is -0.691. The number of nitrogen functional groups attached to an aromatic ring is 1. The summed E-state index contributed by atoms with van der Waals surface area (Å²) in [5.41, 5.74) is 10.00. The minimum Gasteiger partial charge on any atom is -0.398 e. The Kier molecular flexibility index (Phi) is 3.43. The molecule has 3 N–H and O–H groups in total. The molecule has 0 saturated carbocycles. The van der Waals surface area contributed by atoms with E-state index < -0.39 is 5.82 Å². The van der Waals surface area contributed by atoms with Crippen molar-refractivity contribution in [2.75, 3.05) is 5.73 Å². The molecule has 1 unspecified atom stereocenters. The third-order valence-electron chi connectivity index (χ3n) is 4.86. The zero-order valence-electron chi connectivity index (χ0n) is 13.6. The number of hydrogen-bond donors (Lipinski definition) is 2. The van der Waals surface area contributed by atoms with Crippen LogP contribution in [0.4, 0.5) is 10.1 Å². The molecule has 0 aliphatic carbocycles. The Morgan fingerprint density at radius 3 is 2.60 bits per heavy atom. The number of anilines is 1. The molecule has 1 aliphatic heterocycles. The largest absolute Gasteiger partial charge is 0.398 e. The van der Waals surface area contributed by atoms with Gasteiger partial charge < -0.3 is 15.7 Å². The number of benzene rings is 2. The molecule has 2 aromatic carbocycles. The lowest BCUT2D eigenvalue weighted by Crippen LogP contribution is -2.52. The normalized spacial score (nSPS) is 15.5. The average Bonchev–Trinajstić information content (AvgIpc) is 2.96. The van der Waals surface area contributed by atoms with Crippen molar-refractivity contribution in [3.05, 3.63) is 35.3 Å². The van der Waals surface area contributed by atoms with Crippen LogP contribution in [0.5, 0.6) is 0 Å². The summed E-state index contributed by atoms with van der Waals surface area (Å²) in [6, 6.07) is 5.65. The molecular formula is C17H11B4FN3. The summed E-state index contributed by atoms with van der Waals surface area (Å²) in [6.07, 6.45) is 1.20. The number of fused-ring (bicyclic) bond motifs is 5. The van der Waals surface area contributed by atoms with E-state index in [4.69, 9.17) is 34.7 Å². The molecule has 1 atom stereocenters. The van der Waals surface area contributed by atoms with E-state index in [1.807, 2.05) is 37.0 Å². The Bertz CT molecular complexity index is 1070. The van der Waals surface area contributed by atoms with Gasteiger partial charge in [-0.25, -0.2) is 4.39 Å². The summed E-state index contributed by atoms with van der Waals surface area (Å²) in [5, 5.41) is 8.45. The van der Waals surface area contributed by atoms with Gasteiger partial charge in [0.1, 0.15) is 29.4 Å². The molecule has 7 radical (unpaired) electrons. The number of halogens is 1. The molecule has 0 amide bonds. The number of nitrogens with one attached hydrogen (secondary N) is 1. The molecule has 3 aromatic rings. The summed E-state index contributed by atoms with van der Waals surface area (Å²) in [6.45, 7) is 2.00. The van der Waals surface area contributed by atoms with Crippen LogP contribution in [0.3, 0.4) is 0 Å². The maximum Gasteiger partial charge on any atom is 0.164 e. The zero-order valence-corrected chi connectivity index (χ0v) is 13.6. The van der Waals surface area contributed by atoms with Gasteiger partial charge in [-0.05, 0) is 24.0 Å². The van der Waals surface area contributed by atoms with Crippen LogP contribution in [-0.2, 0) is 0 Å². The van der Waals surface area contributed by atoms with Gasteiger partial charge in [0.2, 0.25) is 0 Å². The number of nitrogens with two attached hydrogens (primary N) is 1. The average molecular weight is 320 g/mol. The lowest BCUT2D eigenvalue weighted by atomic mass is 9.51. The Hall–Kier alpha value is -2.36. The van der Waals surface area contributed by atoms with Gasteiger partial charge in [-0.3, -0.25) is 0 Å². The Morgan fingerprint density at radius 2 is 1.92 bits per heavy atom. The molecule has 0 bridgehead atoms. The minimum absolute atomic E-state index is 0.00530. The van der Waals surface area contributed by atoms with Gasteiger partial charge >= 0.3 is 0 Å². The van der Waals surface area contributed by atoms with Crippen LogP contribution >= 0.6 is 0 Å². The molecule has 1 aliphatic rings. The van der Waals surface area contributed by atoms with Crippen LogP contribution in [0, 0.1) is 11.2 Å². The first-order valence-electron chi connectivity index (χ1n) is 7.81. The van der Waals surface area contributed by atoms with Crippen LogP contribution in [0.15, 0.2) is 18.2 Å². The summed E-state index contributed by atoms with van der Waals surface area (Å²) in [5.74, 6) is -0.696. The highest BCUT2D eigenvalue weighted by molar-refractivity contribution is 6.67. The maximum atomic E-state index is 14.3. The third kappa shape index (κ3) is 2.06. The molecule has 25 heavy (non-hydrogen) atoms. The van der Waals surface area contributed by atoms with Crippen LogP contribution in [-0.4, -0.2) is 41.6 Å². The van der Waals surface area contributed by atoms with E-state index in [9.17, 15) is 4.39 Å². The highest BCUT2D eigenvalue weighted by Gasteiger charge is 2.29. The summed E-state index contributed by atoms with van der Waals surface area (Å²) in [7, 11) is 19.8. The number of rotatable bonds is 1. The van der Waals surface area contributed by atoms with Gasteiger partial charge in [0.25, 0.3) is 0 Å². The topological polar surface area (TPSA) is 54.8 Å². The highest BCUT2D eigenvalue weighted by atomic mass is 19.1. The first-order chi connectivity index (χ1) is 11.8. The predicted molar refractivity (Wildman–Crippen MR) is 105 cm³/mol. The number of aromatic nitrogens is 1. The van der Waals surface area contributed by atoms with Crippen molar-refractivity contribution < 1.29 is 4.39 Å². The van der Waals surface area contributed by atoms with Crippen molar-refractivity contribution in [3.8, 4) is 5.69 Å². The highest BCUT2D eigenvalue weighted by Crippen LogP contribution is 2.32. The van der Waals surface area contributed by atoms with E-state index in [2.05, 4.69) is 0 Å². The Balaban J connectivity index is 2.19. The van der Waals surface area contributed by atoms with Crippen molar-refractivity contribution in [2.24, 2.45) is 0 Å². The standard InChI is InChI=1S/C17H11B4FN3/c1-6-10-3-7-2-9(24)8(5-23)4-11(7)25(10)17-13(19)12(18)16(22)14(20)15(17)21-6/h2-6,23H,24H2,1H3. The zero-order chi connectivity index (χ0) is 18.0. The van der Waals surface area contributed by atoms with E-state index in [0.717, 1.165) is 16.6 Å². The lowest BCUT2D eigenvalue weighted by Gasteiger charge is -2.30. The fraction of sp³-hybridized carbons (Fsp3) is 0.118. The first kappa shape index (κ1) is 16.1. The van der Waals surface area contributed by atoms with E-state index in [1.54, 1.807) is 0 Å². The monoisotopic (exact) mass is 320 g/mol. The van der Waals surface area contributed by atoms with Gasteiger partial charge in [0, 0.05) is 34.2 Å². The fourth-order valence-electron chi connectivity index (χ4n) is 3.55. The quantitative estimate of drug-likeness (QED) is 0.342. The van der Waals surface area contributed by atoms with Crippen molar-refractivity contribution in [2.45, 2.75) is 12.7 Å². The maximum absolute atomic E-state index is 14.3. The second kappa shape index (κ2) is 5.32. The van der Waals surface area contributed by atoms with Crippen LogP contribution in [0.25, 0.3) is 16.6 Å². The molecule has 8 heteroatoms. The molecule has 4 rings (SSSR count). The van der Waals surface area contributed by atoms with Crippen LogP contribution < -0.4 is 27.6 Å². The van der Waals surface area contributed by atoms with E-state index in [-0.39, 0.29) is 22.2 Å². The van der Waals surface area contributed by atoms with E-state index >= 15 is 0 Å². The molecule has 1 aromatic heterocycles. The molecule has 3 nitrogen and oxygen atoms in total. The number of nitrogens with zero attached hydrogens (tertiary/aromatic N) is 1. The lowest BCUT2D eigenvalue weighted by molar-refractivity contribution is 0.645. The molecule has 0 fully saturated rings. The van der Waals surface area contributed by atoms with Crippen LogP contribution in [0.2, 0.25) is 0 Å². The molecule has 113 valence electrons. The second-order valence-electron chi connectivity index (χ2n) is 6.36. The van der Waals surface area contributed by atoms with Crippen molar-refractivity contribution in [1.29, 1.82) is 5.41 Å². The molecule has 0 saturated heterocycles. The molecular weight excluding hydrogens is 308 g/mol. The fourth-order valence-corrected chi connectivity index (χ4v) is 3.55. The molecule has 0 spiro atoms. The van der Waals surface area contributed by atoms with Crippen molar-refractivity contribution in [3.63, 3.8) is 0 Å². The number of hydrogen-bond acceptors (Lipinski definition) is 2. The Morgan fingerprint density at radius 1 is 1.20 bits per heavy atom. The third-order valence-corrected chi connectivity index (χ3v) is 4.86. The van der Waals surface area contributed by atoms with Crippen molar-refractivity contribution in [1.82, 2.24) is 4.57 Å². The van der Waals surface area contributed by atoms with Crippen molar-refractivity contribution >= 4 is 75.5 Å². The van der Waals surface area contributed by atoms with Gasteiger partial charge in [-0.15, -0.1) is 0 Å². The van der Waals surface area contributed by atoms with Gasteiger partial charge in [-0.2, -0.15) is 0 Å². The summed E-state index contributed by atoms with van der Waals surface area (Å²) >= 11 is 0. The van der Waals surface area contributed by atoms with E-state index in [1.165, 1.54) is 6.21 Å². The van der Waals surface area contributed by atoms with Gasteiger partial charge in [0.15, 0.2) is 7.28 Å². The summed E-state index contributed by atoms with van der Waals surface area (Å²) < 4.78 is 16.2. The molecule has 2 heterocycles. The second-order valence-corrected chi connectivity index (χ2v) is 6.36. The van der Waals surface area contributed by atoms with Gasteiger partial charge in [0.05, 0.1) is 5.52 Å². The summed E-state index contributed by atoms with van der Waals surface area (Å²) in [4.78, 5) is 0. The predicted octanol–water partition coefficient (Wildman–Crippen LogP) is -0.865. The first-order valence-corrected chi connectivity index (χ1v) is 7.81. The smallest absolute Gasteiger partial charge is 0.164 e.